The Kier molecular flexibility index (Phi) is 3.77. The molecule has 29 heavy (non-hydrogen) atoms. The Morgan fingerprint density at radius 3 is 2.66 bits per heavy atom. The van der Waals surface area contributed by atoms with Crippen LogP contribution in [0.2, 0.25) is 0 Å². The maximum atomic E-state index is 12.9. The second-order valence-corrected chi connectivity index (χ2v) is 6.96. The third kappa shape index (κ3) is 2.70. The number of phenolic OH excluding ortho intramolecular Hbond substituents is 1. The molecule has 0 aliphatic carbocycles. The number of aromatic nitrogens is 2. The van der Waals surface area contributed by atoms with E-state index in [2.05, 4.69) is 5.10 Å². The van der Waals surface area contributed by atoms with Crippen molar-refractivity contribution in [3.63, 3.8) is 0 Å². The monoisotopic (exact) mass is 388 g/mol. The van der Waals surface area contributed by atoms with Crippen LogP contribution in [0.1, 0.15) is 23.6 Å². The Balaban J connectivity index is 1.86. The van der Waals surface area contributed by atoms with E-state index in [1.807, 2.05) is 36.4 Å². The molecule has 0 fully saturated rings. The highest BCUT2D eigenvalue weighted by molar-refractivity contribution is 5.93. The standard InChI is InChI=1S/C22H16N2O5/c1-24-14(7-8-23-24)13-9-19(27)28-18-11-16(26)21-15(25)10-17(29-22(21)20(13)18)12-5-3-2-4-6-12/h2-8,10-11,13,26H,9H2,1H3/t13-/m1/s1. The molecule has 0 bridgehead atoms. The minimum atomic E-state index is -0.427. The lowest BCUT2D eigenvalue weighted by Crippen LogP contribution is -2.23. The maximum Gasteiger partial charge on any atom is 0.312 e. The van der Waals surface area contributed by atoms with Gasteiger partial charge in [-0.3, -0.25) is 14.3 Å². The first-order valence-electron chi connectivity index (χ1n) is 9.10. The molecule has 7 heteroatoms. The van der Waals surface area contributed by atoms with E-state index in [4.69, 9.17) is 9.15 Å². The highest BCUT2D eigenvalue weighted by Crippen LogP contribution is 2.45. The molecule has 2 aromatic heterocycles. The van der Waals surface area contributed by atoms with Gasteiger partial charge in [-0.15, -0.1) is 0 Å². The summed E-state index contributed by atoms with van der Waals surface area (Å²) in [4.78, 5) is 25.1. The van der Waals surface area contributed by atoms with Crippen LogP contribution in [0.4, 0.5) is 0 Å². The fourth-order valence-corrected chi connectivity index (χ4v) is 3.88. The van der Waals surface area contributed by atoms with Gasteiger partial charge in [-0.05, 0) is 6.07 Å². The summed E-state index contributed by atoms with van der Waals surface area (Å²) < 4.78 is 13.2. The first-order chi connectivity index (χ1) is 14.0. The van der Waals surface area contributed by atoms with Crippen LogP contribution in [0.5, 0.6) is 11.5 Å². The van der Waals surface area contributed by atoms with Crippen LogP contribution < -0.4 is 10.2 Å². The molecule has 0 spiro atoms. The molecule has 4 aromatic rings. The van der Waals surface area contributed by atoms with E-state index in [9.17, 15) is 14.7 Å². The van der Waals surface area contributed by atoms with Crippen molar-refractivity contribution in [1.29, 1.82) is 0 Å². The molecule has 0 amide bonds. The van der Waals surface area contributed by atoms with Crippen LogP contribution in [-0.2, 0) is 11.8 Å². The van der Waals surface area contributed by atoms with Crippen LogP contribution >= 0.6 is 0 Å². The quantitative estimate of drug-likeness (QED) is 0.418. The van der Waals surface area contributed by atoms with Gasteiger partial charge in [0.2, 0.25) is 0 Å². The molecular weight excluding hydrogens is 372 g/mol. The molecule has 144 valence electrons. The number of ether oxygens (including phenoxy) is 1. The van der Waals surface area contributed by atoms with Gasteiger partial charge in [0.25, 0.3) is 0 Å². The number of hydrogen-bond acceptors (Lipinski definition) is 6. The van der Waals surface area contributed by atoms with Gasteiger partial charge in [-0.1, -0.05) is 30.3 Å². The average molecular weight is 388 g/mol. The fraction of sp³-hybridized carbons (Fsp3) is 0.136. The molecule has 1 atom stereocenters. The first-order valence-corrected chi connectivity index (χ1v) is 9.10. The van der Waals surface area contributed by atoms with Crippen LogP contribution in [0.25, 0.3) is 22.3 Å². The molecule has 1 aliphatic rings. The van der Waals surface area contributed by atoms with Crippen molar-refractivity contribution in [3.8, 4) is 22.8 Å². The van der Waals surface area contributed by atoms with Gasteiger partial charge >= 0.3 is 5.97 Å². The third-order valence-corrected chi connectivity index (χ3v) is 5.20. The minimum absolute atomic E-state index is 0.0635. The van der Waals surface area contributed by atoms with E-state index in [0.717, 1.165) is 11.3 Å². The number of rotatable bonds is 2. The normalized spacial score (nSPS) is 15.9. The predicted molar refractivity (Wildman–Crippen MR) is 105 cm³/mol. The van der Waals surface area contributed by atoms with Crippen molar-refractivity contribution >= 4 is 16.9 Å². The van der Waals surface area contributed by atoms with E-state index in [-0.39, 0.29) is 34.3 Å². The van der Waals surface area contributed by atoms with Gasteiger partial charge in [0.1, 0.15) is 28.2 Å². The van der Waals surface area contributed by atoms with Crippen LogP contribution in [-0.4, -0.2) is 20.9 Å². The highest BCUT2D eigenvalue weighted by Gasteiger charge is 2.34. The number of fused-ring (bicyclic) bond motifs is 3. The Morgan fingerprint density at radius 2 is 1.93 bits per heavy atom. The lowest BCUT2D eigenvalue weighted by atomic mass is 9.88. The van der Waals surface area contributed by atoms with Gasteiger partial charge in [0, 0.05) is 48.1 Å². The van der Waals surface area contributed by atoms with Crippen molar-refractivity contribution in [2.24, 2.45) is 7.05 Å². The Hall–Kier alpha value is -3.87. The summed E-state index contributed by atoms with van der Waals surface area (Å²) in [6, 6.07) is 13.7. The van der Waals surface area contributed by atoms with Crippen LogP contribution in [0, 0.1) is 0 Å². The molecule has 1 aliphatic heterocycles. The zero-order valence-corrected chi connectivity index (χ0v) is 15.5. The third-order valence-electron chi connectivity index (χ3n) is 5.20. The summed E-state index contributed by atoms with van der Waals surface area (Å²) in [6.07, 6.45) is 1.72. The number of esters is 1. The maximum absolute atomic E-state index is 12.9. The number of aromatic hydroxyl groups is 1. The smallest absolute Gasteiger partial charge is 0.312 e. The van der Waals surface area contributed by atoms with Crippen LogP contribution in [0.15, 0.2) is 63.9 Å². The average Bonchev–Trinajstić information content (AvgIpc) is 3.13. The number of carbonyl (C=O) groups is 1. The lowest BCUT2D eigenvalue weighted by molar-refractivity contribution is -0.135. The van der Waals surface area contributed by atoms with E-state index < -0.39 is 11.9 Å². The van der Waals surface area contributed by atoms with Gasteiger partial charge in [0.05, 0.1) is 6.42 Å². The first kappa shape index (κ1) is 17.2. The zero-order chi connectivity index (χ0) is 20.1. The molecule has 7 nitrogen and oxygen atoms in total. The summed E-state index contributed by atoms with van der Waals surface area (Å²) in [6.45, 7) is 0. The van der Waals surface area contributed by atoms with Gasteiger partial charge in [0.15, 0.2) is 5.43 Å². The second-order valence-electron chi connectivity index (χ2n) is 6.96. The van der Waals surface area contributed by atoms with Crippen molar-refractivity contribution < 1.29 is 19.1 Å². The topological polar surface area (TPSA) is 94.6 Å². The molecular formula is C22H16N2O5. The largest absolute Gasteiger partial charge is 0.507 e. The van der Waals surface area contributed by atoms with Crippen molar-refractivity contribution in [2.45, 2.75) is 12.3 Å². The number of hydrogen-bond donors (Lipinski definition) is 1. The summed E-state index contributed by atoms with van der Waals surface area (Å²) in [5, 5.41) is 14.7. The zero-order valence-electron chi connectivity index (χ0n) is 15.5. The molecule has 0 unspecified atom stereocenters. The van der Waals surface area contributed by atoms with E-state index in [1.165, 1.54) is 12.1 Å². The highest BCUT2D eigenvalue weighted by atomic mass is 16.5. The Bertz CT molecular complexity index is 1320. The number of carbonyl (C=O) groups excluding carboxylic acids is 1. The summed E-state index contributed by atoms with van der Waals surface area (Å²) in [5.41, 5.74) is 1.91. The van der Waals surface area contributed by atoms with E-state index in [0.29, 0.717) is 11.3 Å². The molecule has 5 rings (SSSR count). The number of nitrogens with zero attached hydrogens (tertiary/aromatic N) is 2. The molecule has 0 saturated carbocycles. The SMILES string of the molecule is Cn1nccc1[C@H]1CC(=O)Oc2cc(O)c3c(=O)cc(-c4ccccc4)oc3c21. The molecule has 0 saturated heterocycles. The molecule has 1 N–H and O–H groups in total. The van der Waals surface area contributed by atoms with Gasteiger partial charge in [-0.25, -0.2) is 0 Å². The van der Waals surface area contributed by atoms with Gasteiger partial charge in [-0.2, -0.15) is 5.10 Å². The Labute approximate surface area is 164 Å². The van der Waals surface area contributed by atoms with Gasteiger partial charge < -0.3 is 14.3 Å². The van der Waals surface area contributed by atoms with Crippen molar-refractivity contribution in [2.75, 3.05) is 0 Å². The Morgan fingerprint density at radius 1 is 1.14 bits per heavy atom. The summed E-state index contributed by atoms with van der Waals surface area (Å²) >= 11 is 0. The predicted octanol–water partition coefficient (Wildman–Crippen LogP) is 3.34. The van der Waals surface area contributed by atoms with E-state index >= 15 is 0 Å². The summed E-state index contributed by atoms with van der Waals surface area (Å²) in [5.74, 6) is -0.576. The molecule has 3 heterocycles. The van der Waals surface area contributed by atoms with Crippen molar-refractivity contribution in [3.05, 3.63) is 76.2 Å². The second kappa shape index (κ2) is 6.34. The van der Waals surface area contributed by atoms with E-state index in [1.54, 1.807) is 17.9 Å². The molecule has 0 radical (unpaired) electrons. The lowest BCUT2D eigenvalue weighted by Gasteiger charge is -2.25. The van der Waals surface area contributed by atoms with Crippen molar-refractivity contribution in [1.82, 2.24) is 9.78 Å². The number of benzene rings is 2. The summed E-state index contributed by atoms with van der Waals surface area (Å²) in [7, 11) is 1.78. The number of phenols is 1. The fourth-order valence-electron chi connectivity index (χ4n) is 3.88. The minimum Gasteiger partial charge on any atom is -0.507 e. The number of aryl methyl sites for hydroxylation is 1. The van der Waals surface area contributed by atoms with Crippen LogP contribution in [0.3, 0.4) is 0 Å². The molecule has 2 aromatic carbocycles.